The third kappa shape index (κ3) is 8.52. The van der Waals surface area contributed by atoms with Crippen LogP contribution in [0.3, 0.4) is 0 Å². The first-order chi connectivity index (χ1) is 20.8. The zero-order valence-corrected chi connectivity index (χ0v) is 25.0. The highest BCUT2D eigenvalue weighted by atomic mass is 16.8. The summed E-state index contributed by atoms with van der Waals surface area (Å²) in [6, 6.07) is 0. The van der Waals surface area contributed by atoms with Crippen molar-refractivity contribution in [1.82, 2.24) is 0 Å². The molecule has 1 unspecified atom stereocenters. The van der Waals surface area contributed by atoms with Crippen LogP contribution in [0.1, 0.15) is 41.0 Å². The Balaban J connectivity index is 2.21. The Kier molecular flexibility index (Phi) is 12.2. The van der Waals surface area contributed by atoms with Crippen molar-refractivity contribution in [2.75, 3.05) is 26.9 Å². The number of esters is 4. The second-order valence-electron chi connectivity index (χ2n) is 10.2. The van der Waals surface area contributed by atoms with Crippen molar-refractivity contribution in [1.29, 1.82) is 0 Å². The zero-order valence-electron chi connectivity index (χ0n) is 25.0. The van der Waals surface area contributed by atoms with Crippen LogP contribution in [-0.4, -0.2) is 124 Å². The van der Waals surface area contributed by atoms with Crippen LogP contribution < -0.4 is 0 Å². The number of carbonyl (C=O) groups is 5. The third-order valence-corrected chi connectivity index (χ3v) is 6.84. The molecule has 0 aromatic rings. The van der Waals surface area contributed by atoms with Crippen molar-refractivity contribution in [3.05, 3.63) is 5.76 Å². The van der Waals surface area contributed by atoms with Gasteiger partial charge in [0.05, 0.1) is 19.3 Å². The van der Waals surface area contributed by atoms with Crippen LogP contribution in [0.25, 0.3) is 0 Å². The van der Waals surface area contributed by atoms with Crippen molar-refractivity contribution in [2.45, 2.75) is 102 Å². The lowest BCUT2D eigenvalue weighted by Crippen LogP contribution is -2.67. The van der Waals surface area contributed by atoms with Gasteiger partial charge in [-0.1, -0.05) is 0 Å². The minimum atomic E-state index is -1.81. The van der Waals surface area contributed by atoms with Crippen molar-refractivity contribution < 1.29 is 80.9 Å². The Morgan fingerprint density at radius 2 is 1.57 bits per heavy atom. The summed E-state index contributed by atoms with van der Waals surface area (Å²) in [6.45, 7) is 4.74. The predicted octanol–water partition coefficient (Wildman–Crippen LogP) is -0.721. The van der Waals surface area contributed by atoms with E-state index in [1.54, 1.807) is 5.94 Å². The summed E-state index contributed by atoms with van der Waals surface area (Å²) >= 11 is 0. The Bertz CT molecular complexity index is 1120. The number of allylic oxidation sites excluding steroid dienone is 1. The van der Waals surface area contributed by atoms with Crippen molar-refractivity contribution in [3.63, 3.8) is 0 Å². The number of hydrogen-bond acceptors (Lipinski definition) is 17. The highest BCUT2D eigenvalue weighted by Crippen LogP contribution is 2.40. The van der Waals surface area contributed by atoms with Gasteiger partial charge in [0.1, 0.15) is 18.8 Å². The molecular formula is C27H36O17. The monoisotopic (exact) mass is 632 g/mol. The third-order valence-electron chi connectivity index (χ3n) is 6.84. The van der Waals surface area contributed by atoms with Gasteiger partial charge in [-0.3, -0.25) is 24.0 Å². The van der Waals surface area contributed by atoms with Crippen LogP contribution in [0, 0.1) is 0 Å². The van der Waals surface area contributed by atoms with E-state index >= 15 is 0 Å². The first-order valence-electron chi connectivity index (χ1n) is 13.6. The number of fused-ring (bicyclic) bond motifs is 5. The predicted molar refractivity (Wildman–Crippen MR) is 138 cm³/mol. The van der Waals surface area contributed by atoms with E-state index in [9.17, 15) is 28.8 Å². The largest absolute Gasteiger partial charge is 0.474 e. The smallest absolute Gasteiger partial charge is 0.303 e. The molecule has 17 heteroatoms. The number of ether oxygens (including phenoxy) is 11. The summed E-state index contributed by atoms with van der Waals surface area (Å²) in [5, 5.41) is 0. The number of rotatable bonds is 10. The van der Waals surface area contributed by atoms with Gasteiger partial charge in [0.15, 0.2) is 54.3 Å². The van der Waals surface area contributed by atoms with Gasteiger partial charge in [0.2, 0.25) is 0 Å². The average Bonchev–Trinajstić information content (AvgIpc) is 2.98. The standard InChI is InChI=1S/C27H36O17/c1-13(8-28)39-23-24(38-12-29)27(44-17(5)33)7-18(9-35-14(2)30)36-10-19-20(43-26(23)37-11-27)21(40-15(3)31)22(41-16(4)32)25(34-6)42-19/h12,18-26H,7,9-11H2,1-6H3/t18-,19+,20?,21+,22+,23-,24-,25+,26+,27-/m0/s1. The van der Waals surface area contributed by atoms with Gasteiger partial charge in [0.25, 0.3) is 6.47 Å². The fourth-order valence-electron chi connectivity index (χ4n) is 5.31. The topological polar surface area (TPSA) is 204 Å². The highest BCUT2D eigenvalue weighted by Gasteiger charge is 2.61. The lowest BCUT2D eigenvalue weighted by atomic mass is 9.84. The van der Waals surface area contributed by atoms with Crippen molar-refractivity contribution in [3.8, 4) is 0 Å². The molecule has 4 heterocycles. The molecule has 10 atom stereocenters. The normalized spacial score (nSPS) is 34.9. The molecule has 0 spiro atoms. The maximum absolute atomic E-state index is 12.4. The summed E-state index contributed by atoms with van der Waals surface area (Å²) in [5.41, 5.74) is -1.81. The molecule has 2 bridgehead atoms. The number of hydrogen-bond donors (Lipinski definition) is 0. The van der Waals surface area contributed by atoms with Gasteiger partial charge >= 0.3 is 23.9 Å². The van der Waals surface area contributed by atoms with Gasteiger partial charge in [-0.2, -0.15) is 0 Å². The zero-order chi connectivity index (χ0) is 32.6. The van der Waals surface area contributed by atoms with Crippen molar-refractivity contribution in [2.24, 2.45) is 0 Å². The van der Waals surface area contributed by atoms with E-state index in [-0.39, 0.29) is 31.9 Å². The Morgan fingerprint density at radius 1 is 0.886 bits per heavy atom. The summed E-state index contributed by atoms with van der Waals surface area (Å²) in [4.78, 5) is 71.6. The Labute approximate surface area is 252 Å². The molecular weight excluding hydrogens is 596 g/mol. The minimum Gasteiger partial charge on any atom is -0.474 e. The van der Waals surface area contributed by atoms with E-state index in [0.717, 1.165) is 20.8 Å². The summed E-state index contributed by atoms with van der Waals surface area (Å²) < 4.78 is 62.8. The lowest BCUT2D eigenvalue weighted by molar-refractivity contribution is -0.354. The molecule has 4 rings (SSSR count). The molecule has 4 aliphatic rings. The first kappa shape index (κ1) is 34.9. The van der Waals surface area contributed by atoms with E-state index in [4.69, 9.17) is 52.1 Å². The van der Waals surface area contributed by atoms with E-state index in [0.29, 0.717) is 0 Å². The van der Waals surface area contributed by atoms with E-state index in [2.05, 4.69) is 0 Å². The second-order valence-corrected chi connectivity index (χ2v) is 10.2. The average molecular weight is 633 g/mol. The Hall–Kier alpha value is -3.60. The van der Waals surface area contributed by atoms with Crippen LogP contribution in [0.4, 0.5) is 0 Å². The first-order valence-corrected chi connectivity index (χ1v) is 13.6. The van der Waals surface area contributed by atoms with Crippen LogP contribution >= 0.6 is 0 Å². The van der Waals surface area contributed by atoms with Gasteiger partial charge < -0.3 is 52.1 Å². The summed E-state index contributed by atoms with van der Waals surface area (Å²) in [5.74, 6) is -1.71. The molecule has 4 saturated heterocycles. The van der Waals surface area contributed by atoms with E-state index in [1.807, 2.05) is 0 Å². The molecule has 0 N–H and O–H groups in total. The van der Waals surface area contributed by atoms with E-state index in [1.165, 1.54) is 21.0 Å². The molecule has 0 aromatic carbocycles. The van der Waals surface area contributed by atoms with Crippen LogP contribution in [0.2, 0.25) is 0 Å². The molecule has 246 valence electrons. The molecule has 0 aliphatic carbocycles. The van der Waals surface area contributed by atoms with E-state index < -0.39 is 91.4 Å². The maximum Gasteiger partial charge on any atom is 0.303 e. The van der Waals surface area contributed by atoms with Gasteiger partial charge in [0, 0.05) is 48.1 Å². The lowest BCUT2D eigenvalue weighted by Gasteiger charge is -2.49. The van der Waals surface area contributed by atoms with Crippen molar-refractivity contribution >= 4 is 36.3 Å². The summed E-state index contributed by atoms with van der Waals surface area (Å²) in [7, 11) is 1.27. The number of methoxy groups -OCH3 is 1. The molecule has 4 fully saturated rings. The Morgan fingerprint density at radius 3 is 2.14 bits per heavy atom. The molecule has 17 nitrogen and oxygen atoms in total. The molecule has 0 saturated carbocycles. The second kappa shape index (κ2) is 15.4. The van der Waals surface area contributed by atoms with Crippen LogP contribution in [0.15, 0.2) is 5.76 Å². The fraction of sp³-hybridized carbons (Fsp3) is 0.741. The van der Waals surface area contributed by atoms with Gasteiger partial charge in [-0.25, -0.2) is 4.79 Å². The molecule has 0 amide bonds. The highest BCUT2D eigenvalue weighted by molar-refractivity contribution is 5.68. The quantitative estimate of drug-likeness (QED) is 0.0958. The molecule has 0 radical (unpaired) electrons. The van der Waals surface area contributed by atoms with Crippen LogP contribution in [-0.2, 0) is 80.9 Å². The van der Waals surface area contributed by atoms with Gasteiger partial charge in [-0.15, -0.1) is 0 Å². The molecule has 4 aliphatic heterocycles. The number of carbonyl (C=O) groups excluding carboxylic acids is 6. The maximum atomic E-state index is 12.4. The van der Waals surface area contributed by atoms with Crippen LogP contribution in [0.5, 0.6) is 0 Å². The molecule has 44 heavy (non-hydrogen) atoms. The molecule has 0 aromatic heterocycles. The minimum absolute atomic E-state index is 0.0806. The van der Waals surface area contributed by atoms with Gasteiger partial charge in [-0.05, 0) is 0 Å². The summed E-state index contributed by atoms with van der Waals surface area (Å²) in [6.07, 6.45) is -12.3. The SMILES string of the molecule is CO[C@@H]1O[C@@H]2CO[C@H](COC(C)=O)C[C@]3(OC(C)=O)CO[C@H](OC2[C@@H](OC(C)=O)[C@H]1OC(C)=O)[C@@H](OC(C)=C=O)[C@@H]3OC=O. The fourth-order valence-corrected chi connectivity index (χ4v) is 5.31.